The molecule has 0 fully saturated rings. The number of carboxylic acids is 1. The summed E-state index contributed by atoms with van der Waals surface area (Å²) in [5.74, 6) is -0.399. The molecule has 2 N–H and O–H groups in total. The van der Waals surface area contributed by atoms with Crippen LogP contribution in [0.4, 0.5) is 10.5 Å². The Morgan fingerprint density at radius 1 is 1.43 bits per heavy atom. The summed E-state index contributed by atoms with van der Waals surface area (Å²) in [4.78, 5) is 28.2. The summed E-state index contributed by atoms with van der Waals surface area (Å²) in [7, 11) is 0. The number of rotatable bonds is 7. The molecular weight excluding hydrogens is 274 g/mol. The third kappa shape index (κ3) is 6.11. The minimum Gasteiger partial charge on any atom is -0.480 e. The number of anilines is 1. The summed E-state index contributed by atoms with van der Waals surface area (Å²) in [6, 6.07) is 2.84. The van der Waals surface area contributed by atoms with Gasteiger partial charge in [0.15, 0.2) is 0 Å². The van der Waals surface area contributed by atoms with Crippen LogP contribution in [0.3, 0.4) is 0 Å². The van der Waals surface area contributed by atoms with Crippen molar-refractivity contribution in [3.8, 4) is 5.88 Å². The standard InChI is InChI=1S/C14H21N3O4/c1-4-21-12-6-5-11(7-15-12)16-14(20)17(8-10(2)3)9-13(18)19/h5-7,10H,4,8-9H2,1-3H3,(H,16,20)(H,18,19). The van der Waals surface area contributed by atoms with Gasteiger partial charge in [-0.3, -0.25) is 4.79 Å². The van der Waals surface area contributed by atoms with Gasteiger partial charge in [-0.15, -0.1) is 0 Å². The number of amides is 2. The molecule has 2 amide bonds. The third-order valence-corrected chi connectivity index (χ3v) is 2.48. The molecule has 0 aliphatic carbocycles. The molecule has 0 bridgehead atoms. The van der Waals surface area contributed by atoms with Crippen molar-refractivity contribution in [1.82, 2.24) is 9.88 Å². The van der Waals surface area contributed by atoms with E-state index in [-0.39, 0.29) is 12.5 Å². The van der Waals surface area contributed by atoms with E-state index in [9.17, 15) is 9.59 Å². The first-order chi connectivity index (χ1) is 9.92. The normalized spacial score (nSPS) is 10.3. The maximum absolute atomic E-state index is 12.1. The van der Waals surface area contributed by atoms with E-state index in [4.69, 9.17) is 9.84 Å². The van der Waals surface area contributed by atoms with Crippen molar-refractivity contribution in [2.75, 3.05) is 25.0 Å². The van der Waals surface area contributed by atoms with Crippen LogP contribution < -0.4 is 10.1 Å². The zero-order valence-corrected chi connectivity index (χ0v) is 12.5. The summed E-state index contributed by atoms with van der Waals surface area (Å²) >= 11 is 0. The third-order valence-electron chi connectivity index (χ3n) is 2.48. The summed E-state index contributed by atoms with van der Waals surface area (Å²) in [5.41, 5.74) is 0.489. The summed E-state index contributed by atoms with van der Waals surface area (Å²) in [6.07, 6.45) is 1.47. The molecule has 0 saturated heterocycles. The van der Waals surface area contributed by atoms with Crippen LogP contribution in [-0.4, -0.2) is 46.7 Å². The lowest BCUT2D eigenvalue weighted by Gasteiger charge is -2.23. The number of pyridine rings is 1. The highest BCUT2D eigenvalue weighted by Crippen LogP contribution is 2.12. The number of carbonyl (C=O) groups is 2. The first kappa shape index (κ1) is 16.7. The van der Waals surface area contributed by atoms with Crippen LogP contribution in [0, 0.1) is 5.92 Å². The molecule has 1 rings (SSSR count). The SMILES string of the molecule is CCOc1ccc(NC(=O)N(CC(=O)O)CC(C)C)cn1. The molecule has 0 saturated carbocycles. The number of aromatic nitrogens is 1. The Hall–Kier alpha value is -2.31. The molecule has 116 valence electrons. The molecule has 0 atom stereocenters. The molecule has 0 aliphatic rings. The molecule has 0 unspecified atom stereocenters. The van der Waals surface area contributed by atoms with Crippen LogP contribution in [0.15, 0.2) is 18.3 Å². The Bertz CT molecular complexity index is 474. The molecule has 0 aliphatic heterocycles. The molecule has 21 heavy (non-hydrogen) atoms. The van der Waals surface area contributed by atoms with Crippen molar-refractivity contribution < 1.29 is 19.4 Å². The van der Waals surface area contributed by atoms with Crippen molar-refractivity contribution in [2.24, 2.45) is 5.92 Å². The molecule has 7 heteroatoms. The van der Waals surface area contributed by atoms with Crippen molar-refractivity contribution in [1.29, 1.82) is 0 Å². The van der Waals surface area contributed by atoms with Crippen LogP contribution in [-0.2, 0) is 4.79 Å². The first-order valence-electron chi connectivity index (χ1n) is 6.79. The van der Waals surface area contributed by atoms with Crippen LogP contribution in [0.5, 0.6) is 5.88 Å². The Balaban J connectivity index is 2.68. The number of hydrogen-bond donors (Lipinski definition) is 2. The molecule has 1 aromatic rings. The number of hydrogen-bond acceptors (Lipinski definition) is 4. The van der Waals surface area contributed by atoms with Crippen molar-refractivity contribution in [2.45, 2.75) is 20.8 Å². The lowest BCUT2D eigenvalue weighted by molar-refractivity contribution is -0.137. The minimum atomic E-state index is -1.05. The van der Waals surface area contributed by atoms with E-state index in [0.29, 0.717) is 24.7 Å². The molecule has 1 aromatic heterocycles. The van der Waals surface area contributed by atoms with Crippen molar-refractivity contribution in [3.63, 3.8) is 0 Å². The lowest BCUT2D eigenvalue weighted by Crippen LogP contribution is -2.40. The maximum atomic E-state index is 12.1. The summed E-state index contributed by atoms with van der Waals surface area (Å²) in [6.45, 7) is 6.23. The monoisotopic (exact) mass is 295 g/mol. The van der Waals surface area contributed by atoms with E-state index in [0.717, 1.165) is 0 Å². The second-order valence-electron chi connectivity index (χ2n) is 4.92. The Labute approximate surface area is 123 Å². The number of urea groups is 1. The number of ether oxygens (including phenoxy) is 1. The van der Waals surface area contributed by atoms with Gasteiger partial charge in [0, 0.05) is 12.6 Å². The van der Waals surface area contributed by atoms with Gasteiger partial charge in [0.05, 0.1) is 18.5 Å². The van der Waals surface area contributed by atoms with E-state index in [1.807, 2.05) is 20.8 Å². The quantitative estimate of drug-likeness (QED) is 0.803. The number of nitrogens with zero attached hydrogens (tertiary/aromatic N) is 2. The molecular formula is C14H21N3O4. The number of aliphatic carboxylic acids is 1. The maximum Gasteiger partial charge on any atom is 0.323 e. The smallest absolute Gasteiger partial charge is 0.323 e. The lowest BCUT2D eigenvalue weighted by atomic mass is 10.2. The Morgan fingerprint density at radius 3 is 2.62 bits per heavy atom. The zero-order valence-electron chi connectivity index (χ0n) is 12.5. The first-order valence-corrected chi connectivity index (χ1v) is 6.79. The van der Waals surface area contributed by atoms with E-state index in [1.54, 1.807) is 12.1 Å². The molecule has 0 aromatic carbocycles. The van der Waals surface area contributed by atoms with Gasteiger partial charge in [-0.2, -0.15) is 0 Å². The molecule has 0 spiro atoms. The fourth-order valence-electron chi connectivity index (χ4n) is 1.71. The average Bonchev–Trinajstić information content (AvgIpc) is 2.39. The molecule has 0 radical (unpaired) electrons. The number of nitrogens with one attached hydrogen (secondary N) is 1. The van der Waals surface area contributed by atoms with E-state index in [2.05, 4.69) is 10.3 Å². The highest BCUT2D eigenvalue weighted by molar-refractivity contribution is 5.91. The van der Waals surface area contributed by atoms with Gasteiger partial charge in [-0.05, 0) is 18.9 Å². The second-order valence-corrected chi connectivity index (χ2v) is 4.92. The number of carboxylic acid groups (broad SMARTS) is 1. The van der Waals surface area contributed by atoms with Crippen LogP contribution in [0.1, 0.15) is 20.8 Å². The van der Waals surface area contributed by atoms with Gasteiger partial charge in [0.1, 0.15) is 6.54 Å². The topological polar surface area (TPSA) is 91.8 Å². The minimum absolute atomic E-state index is 0.175. The number of carbonyl (C=O) groups excluding carboxylic acids is 1. The predicted octanol–water partition coefficient (Wildman–Crippen LogP) is 2.05. The highest BCUT2D eigenvalue weighted by atomic mass is 16.5. The largest absolute Gasteiger partial charge is 0.480 e. The molecule has 1 heterocycles. The second kappa shape index (κ2) is 8.08. The van der Waals surface area contributed by atoms with E-state index >= 15 is 0 Å². The zero-order chi connectivity index (χ0) is 15.8. The summed E-state index contributed by atoms with van der Waals surface area (Å²) in [5, 5.41) is 11.5. The van der Waals surface area contributed by atoms with Gasteiger partial charge >= 0.3 is 12.0 Å². The fourth-order valence-corrected chi connectivity index (χ4v) is 1.71. The van der Waals surface area contributed by atoms with Gasteiger partial charge in [-0.25, -0.2) is 9.78 Å². The predicted molar refractivity (Wildman–Crippen MR) is 78.5 cm³/mol. The van der Waals surface area contributed by atoms with Gasteiger partial charge < -0.3 is 20.1 Å². The Morgan fingerprint density at radius 2 is 2.14 bits per heavy atom. The average molecular weight is 295 g/mol. The van der Waals surface area contributed by atoms with Crippen LogP contribution in [0.25, 0.3) is 0 Å². The van der Waals surface area contributed by atoms with Crippen LogP contribution in [0.2, 0.25) is 0 Å². The van der Waals surface area contributed by atoms with Crippen molar-refractivity contribution >= 4 is 17.7 Å². The van der Waals surface area contributed by atoms with Crippen LogP contribution >= 0.6 is 0 Å². The highest BCUT2D eigenvalue weighted by Gasteiger charge is 2.18. The van der Waals surface area contributed by atoms with Gasteiger partial charge in [0.2, 0.25) is 5.88 Å². The van der Waals surface area contributed by atoms with E-state index in [1.165, 1.54) is 11.1 Å². The van der Waals surface area contributed by atoms with E-state index < -0.39 is 12.0 Å². The fraction of sp³-hybridized carbons (Fsp3) is 0.500. The summed E-state index contributed by atoms with van der Waals surface area (Å²) < 4.78 is 5.21. The van der Waals surface area contributed by atoms with Gasteiger partial charge in [-0.1, -0.05) is 13.8 Å². The molecule has 7 nitrogen and oxygen atoms in total. The van der Waals surface area contributed by atoms with Gasteiger partial charge in [0.25, 0.3) is 0 Å². The van der Waals surface area contributed by atoms with Crippen molar-refractivity contribution in [3.05, 3.63) is 18.3 Å². The Kier molecular flexibility index (Phi) is 6.45.